The van der Waals surface area contributed by atoms with Crippen LogP contribution in [0.1, 0.15) is 11.1 Å². The lowest BCUT2D eigenvalue weighted by molar-refractivity contribution is 0.0668. The summed E-state index contributed by atoms with van der Waals surface area (Å²) in [6.45, 7) is 2.09. The van der Waals surface area contributed by atoms with Gasteiger partial charge in [-0.1, -0.05) is 42.5 Å². The van der Waals surface area contributed by atoms with Crippen molar-refractivity contribution in [2.75, 3.05) is 7.05 Å². The molecule has 3 rings (SSSR count). The Balaban J connectivity index is 1.71. The summed E-state index contributed by atoms with van der Waals surface area (Å²) in [5.41, 5.74) is 3.73. The van der Waals surface area contributed by atoms with Crippen LogP contribution >= 0.6 is 0 Å². The van der Waals surface area contributed by atoms with Gasteiger partial charge in [0.2, 0.25) is 0 Å². The molecule has 0 spiro atoms. The van der Waals surface area contributed by atoms with E-state index in [-0.39, 0.29) is 0 Å². The van der Waals surface area contributed by atoms with Crippen LogP contribution in [0.2, 0.25) is 0 Å². The van der Waals surface area contributed by atoms with E-state index >= 15 is 0 Å². The predicted octanol–water partition coefficient (Wildman–Crippen LogP) is 3.54. The Bertz CT molecular complexity index is 704. The first-order valence-electron chi connectivity index (χ1n) is 7.21. The van der Waals surface area contributed by atoms with E-state index in [2.05, 4.69) is 52.5 Å². The molecule has 0 aliphatic heterocycles. The van der Waals surface area contributed by atoms with Crippen molar-refractivity contribution in [2.45, 2.75) is 19.9 Å². The van der Waals surface area contributed by atoms with Gasteiger partial charge in [0, 0.05) is 18.1 Å². The minimum atomic E-state index is 0.571. The Hall–Kier alpha value is -2.10. The number of hydrogen-bond acceptors (Lipinski definition) is 2. The van der Waals surface area contributed by atoms with Crippen molar-refractivity contribution >= 4 is 10.9 Å². The molecule has 0 saturated carbocycles. The van der Waals surface area contributed by atoms with Crippen LogP contribution in [0.15, 0.2) is 60.8 Å². The largest absolute Gasteiger partial charge is 0.356 e. The van der Waals surface area contributed by atoms with E-state index in [1.54, 1.807) is 0 Å². The van der Waals surface area contributed by atoms with Crippen LogP contribution in [0.25, 0.3) is 10.9 Å². The fourth-order valence-corrected chi connectivity index (χ4v) is 2.58. The lowest BCUT2D eigenvalue weighted by Crippen LogP contribution is -2.05. The zero-order valence-corrected chi connectivity index (χ0v) is 12.3. The highest BCUT2D eigenvalue weighted by atomic mass is 16.5. The van der Waals surface area contributed by atoms with Crippen LogP contribution in [0.5, 0.6) is 0 Å². The van der Waals surface area contributed by atoms with Crippen molar-refractivity contribution in [3.8, 4) is 0 Å². The van der Waals surface area contributed by atoms with E-state index in [4.69, 9.17) is 4.74 Å². The highest BCUT2D eigenvalue weighted by molar-refractivity contribution is 5.83. The minimum absolute atomic E-state index is 0.571. The van der Waals surface area contributed by atoms with E-state index in [0.29, 0.717) is 13.3 Å². The Morgan fingerprint density at radius 3 is 2.67 bits per heavy atom. The van der Waals surface area contributed by atoms with Crippen molar-refractivity contribution in [3.05, 3.63) is 71.9 Å². The Morgan fingerprint density at radius 2 is 1.86 bits per heavy atom. The second-order valence-corrected chi connectivity index (χ2v) is 5.13. The average molecular weight is 280 g/mol. The molecule has 0 fully saturated rings. The summed E-state index contributed by atoms with van der Waals surface area (Å²) in [7, 11) is 1.97. The van der Waals surface area contributed by atoms with E-state index in [1.165, 1.54) is 22.0 Å². The van der Waals surface area contributed by atoms with Gasteiger partial charge in [-0.15, -0.1) is 0 Å². The molecular formula is C18H20N2O. The number of nitrogens with one attached hydrogen (secondary N) is 1. The van der Waals surface area contributed by atoms with E-state index in [0.717, 1.165) is 6.54 Å². The standard InChI is InChI=1S/C18H20N2O/c1-19-12-16-8-5-9-18-17(16)10-11-20(18)14-21-13-15-6-3-2-4-7-15/h2-11,19H,12-14H2,1H3. The van der Waals surface area contributed by atoms with Crippen LogP contribution in [0, 0.1) is 0 Å². The summed E-state index contributed by atoms with van der Waals surface area (Å²) in [4.78, 5) is 0. The molecule has 0 unspecified atom stereocenters. The van der Waals surface area contributed by atoms with Gasteiger partial charge in [0.1, 0.15) is 6.73 Å². The summed E-state index contributed by atoms with van der Waals surface area (Å²) < 4.78 is 7.97. The smallest absolute Gasteiger partial charge is 0.123 e. The number of ether oxygens (including phenoxy) is 1. The van der Waals surface area contributed by atoms with Gasteiger partial charge in [0.25, 0.3) is 0 Å². The lowest BCUT2D eigenvalue weighted by atomic mass is 10.1. The molecule has 0 aliphatic rings. The van der Waals surface area contributed by atoms with Gasteiger partial charge in [-0.05, 0) is 30.3 Å². The highest BCUT2D eigenvalue weighted by Gasteiger charge is 2.05. The van der Waals surface area contributed by atoms with Gasteiger partial charge < -0.3 is 14.6 Å². The topological polar surface area (TPSA) is 26.2 Å². The average Bonchev–Trinajstić information content (AvgIpc) is 2.93. The second kappa shape index (κ2) is 6.57. The summed E-state index contributed by atoms with van der Waals surface area (Å²) in [5, 5.41) is 4.50. The molecule has 3 nitrogen and oxygen atoms in total. The molecule has 0 radical (unpaired) electrons. The zero-order valence-electron chi connectivity index (χ0n) is 12.3. The third-order valence-electron chi connectivity index (χ3n) is 3.61. The maximum absolute atomic E-state index is 5.82. The third kappa shape index (κ3) is 3.15. The monoisotopic (exact) mass is 280 g/mol. The van der Waals surface area contributed by atoms with Gasteiger partial charge in [0.05, 0.1) is 12.1 Å². The number of aromatic nitrogens is 1. The van der Waals surface area contributed by atoms with E-state index in [1.807, 2.05) is 25.2 Å². The molecule has 0 amide bonds. The molecule has 2 aromatic carbocycles. The van der Waals surface area contributed by atoms with Crippen molar-refractivity contribution in [1.29, 1.82) is 0 Å². The quantitative estimate of drug-likeness (QED) is 0.747. The van der Waals surface area contributed by atoms with Crippen LogP contribution in [-0.4, -0.2) is 11.6 Å². The fourth-order valence-electron chi connectivity index (χ4n) is 2.58. The Labute approximate surface area is 125 Å². The van der Waals surface area contributed by atoms with Crippen molar-refractivity contribution < 1.29 is 4.74 Å². The fraction of sp³-hybridized carbons (Fsp3) is 0.222. The lowest BCUT2D eigenvalue weighted by Gasteiger charge is -2.08. The molecule has 21 heavy (non-hydrogen) atoms. The maximum Gasteiger partial charge on any atom is 0.123 e. The third-order valence-corrected chi connectivity index (χ3v) is 3.61. The predicted molar refractivity (Wildman–Crippen MR) is 85.9 cm³/mol. The molecule has 1 aromatic heterocycles. The summed E-state index contributed by atoms with van der Waals surface area (Å²) in [5.74, 6) is 0. The summed E-state index contributed by atoms with van der Waals surface area (Å²) in [6.07, 6.45) is 2.09. The van der Waals surface area contributed by atoms with Gasteiger partial charge in [-0.2, -0.15) is 0 Å². The van der Waals surface area contributed by atoms with Crippen LogP contribution in [-0.2, 0) is 24.6 Å². The molecule has 0 saturated heterocycles. The molecule has 3 heteroatoms. The normalized spacial score (nSPS) is 11.1. The van der Waals surface area contributed by atoms with E-state index < -0.39 is 0 Å². The molecule has 0 aliphatic carbocycles. The summed E-state index contributed by atoms with van der Waals surface area (Å²) >= 11 is 0. The Kier molecular flexibility index (Phi) is 4.34. The molecule has 1 N–H and O–H groups in total. The molecule has 0 atom stereocenters. The molecule has 0 bridgehead atoms. The second-order valence-electron chi connectivity index (χ2n) is 5.13. The first-order chi connectivity index (χ1) is 10.4. The van der Waals surface area contributed by atoms with Gasteiger partial charge in [-0.25, -0.2) is 0 Å². The number of nitrogens with zero attached hydrogens (tertiary/aromatic N) is 1. The van der Waals surface area contributed by atoms with Crippen LogP contribution in [0.3, 0.4) is 0 Å². The molecule has 108 valence electrons. The van der Waals surface area contributed by atoms with Crippen molar-refractivity contribution in [1.82, 2.24) is 9.88 Å². The van der Waals surface area contributed by atoms with Crippen molar-refractivity contribution in [2.24, 2.45) is 0 Å². The maximum atomic E-state index is 5.82. The molecular weight excluding hydrogens is 260 g/mol. The first-order valence-corrected chi connectivity index (χ1v) is 7.21. The number of rotatable bonds is 6. The zero-order chi connectivity index (χ0) is 14.5. The van der Waals surface area contributed by atoms with Crippen LogP contribution in [0.4, 0.5) is 0 Å². The van der Waals surface area contributed by atoms with Gasteiger partial charge in [-0.3, -0.25) is 0 Å². The molecule has 3 aromatic rings. The SMILES string of the molecule is CNCc1cccc2c1ccn2COCc1ccccc1. The van der Waals surface area contributed by atoms with E-state index in [9.17, 15) is 0 Å². The van der Waals surface area contributed by atoms with Crippen molar-refractivity contribution in [3.63, 3.8) is 0 Å². The number of hydrogen-bond donors (Lipinski definition) is 1. The first kappa shape index (κ1) is 13.9. The Morgan fingerprint density at radius 1 is 1.00 bits per heavy atom. The number of benzene rings is 2. The highest BCUT2D eigenvalue weighted by Crippen LogP contribution is 2.20. The summed E-state index contributed by atoms with van der Waals surface area (Å²) in [6, 6.07) is 18.8. The van der Waals surface area contributed by atoms with Gasteiger partial charge >= 0.3 is 0 Å². The van der Waals surface area contributed by atoms with Gasteiger partial charge in [0.15, 0.2) is 0 Å². The number of fused-ring (bicyclic) bond motifs is 1. The van der Waals surface area contributed by atoms with Crippen LogP contribution < -0.4 is 5.32 Å². The minimum Gasteiger partial charge on any atom is -0.356 e. The molecule has 1 heterocycles.